The van der Waals surface area contributed by atoms with E-state index in [1.54, 1.807) is 11.3 Å². The van der Waals surface area contributed by atoms with Crippen LogP contribution >= 0.6 is 11.3 Å². The van der Waals surface area contributed by atoms with Crippen LogP contribution in [0.1, 0.15) is 0 Å². The number of thiophene rings is 1. The number of fused-ring (bicyclic) bond motifs is 1. The third kappa shape index (κ3) is 3.31. The molecule has 0 radical (unpaired) electrons. The number of hydrogen-bond donors (Lipinski definition) is 1. The standard InChI is InChI=1S/C18H21N3O2S/c22-18(21-7-6-20-8-9-23-13-16(20)12-21)19-15-4-1-3-14(11-15)17-5-2-10-24-17/h1-5,10-11,16H,6-9,12-13H2,(H,19,22)/t16-/m1/s1. The number of urea groups is 1. The summed E-state index contributed by atoms with van der Waals surface area (Å²) in [6.07, 6.45) is 0. The summed E-state index contributed by atoms with van der Waals surface area (Å²) >= 11 is 1.70. The Morgan fingerprint density at radius 1 is 1.21 bits per heavy atom. The normalized spacial score (nSPS) is 21.3. The van der Waals surface area contributed by atoms with Crippen molar-refractivity contribution in [1.82, 2.24) is 9.80 Å². The van der Waals surface area contributed by atoms with E-state index in [4.69, 9.17) is 4.74 Å². The number of nitrogens with zero attached hydrogens (tertiary/aromatic N) is 2. The summed E-state index contributed by atoms with van der Waals surface area (Å²) in [7, 11) is 0. The third-order valence-electron chi connectivity index (χ3n) is 4.64. The van der Waals surface area contributed by atoms with Crippen molar-refractivity contribution in [1.29, 1.82) is 0 Å². The maximum atomic E-state index is 12.6. The van der Waals surface area contributed by atoms with Crippen molar-refractivity contribution in [2.45, 2.75) is 6.04 Å². The Morgan fingerprint density at radius 3 is 3.04 bits per heavy atom. The molecule has 0 saturated carbocycles. The molecule has 0 unspecified atom stereocenters. The molecule has 1 aromatic carbocycles. The molecule has 3 heterocycles. The van der Waals surface area contributed by atoms with E-state index in [2.05, 4.69) is 27.7 Å². The summed E-state index contributed by atoms with van der Waals surface area (Å²) < 4.78 is 5.54. The van der Waals surface area contributed by atoms with Gasteiger partial charge in [0.2, 0.25) is 0 Å². The van der Waals surface area contributed by atoms with E-state index in [0.29, 0.717) is 6.04 Å². The van der Waals surface area contributed by atoms with Gasteiger partial charge in [0.25, 0.3) is 0 Å². The number of rotatable bonds is 2. The van der Waals surface area contributed by atoms with Gasteiger partial charge in [-0.2, -0.15) is 0 Å². The molecule has 2 amide bonds. The SMILES string of the molecule is O=C(Nc1cccc(-c2cccs2)c1)N1CCN2CCOC[C@H]2C1. The van der Waals surface area contributed by atoms with Crippen LogP contribution in [0.15, 0.2) is 41.8 Å². The molecule has 0 spiro atoms. The van der Waals surface area contributed by atoms with E-state index >= 15 is 0 Å². The molecule has 1 aromatic heterocycles. The van der Waals surface area contributed by atoms with Crippen LogP contribution in [-0.2, 0) is 4.74 Å². The Hall–Kier alpha value is -1.89. The number of carbonyl (C=O) groups excluding carboxylic acids is 1. The average molecular weight is 343 g/mol. The fraction of sp³-hybridized carbons (Fsp3) is 0.389. The van der Waals surface area contributed by atoms with Crippen molar-refractivity contribution in [3.8, 4) is 10.4 Å². The van der Waals surface area contributed by atoms with Gasteiger partial charge in [-0.15, -0.1) is 11.3 Å². The fourth-order valence-electron chi connectivity index (χ4n) is 3.33. The monoisotopic (exact) mass is 343 g/mol. The molecule has 2 aromatic rings. The lowest BCUT2D eigenvalue weighted by Crippen LogP contribution is -2.59. The van der Waals surface area contributed by atoms with E-state index in [1.165, 1.54) is 4.88 Å². The molecule has 2 fully saturated rings. The first-order valence-corrected chi connectivity index (χ1v) is 9.19. The molecular weight excluding hydrogens is 322 g/mol. The number of nitrogens with one attached hydrogen (secondary N) is 1. The highest BCUT2D eigenvalue weighted by Crippen LogP contribution is 2.27. The van der Waals surface area contributed by atoms with E-state index in [9.17, 15) is 4.79 Å². The lowest BCUT2D eigenvalue weighted by atomic mass is 10.1. The number of piperazine rings is 1. The highest BCUT2D eigenvalue weighted by Gasteiger charge is 2.31. The van der Waals surface area contributed by atoms with Crippen LogP contribution in [0.2, 0.25) is 0 Å². The first-order chi connectivity index (χ1) is 11.8. The topological polar surface area (TPSA) is 44.8 Å². The second kappa shape index (κ2) is 6.93. The molecule has 0 bridgehead atoms. The summed E-state index contributed by atoms with van der Waals surface area (Å²) in [6.45, 7) is 4.93. The van der Waals surface area contributed by atoms with E-state index in [-0.39, 0.29) is 6.03 Å². The zero-order valence-electron chi connectivity index (χ0n) is 13.5. The van der Waals surface area contributed by atoms with E-state index in [1.807, 2.05) is 29.2 Å². The largest absolute Gasteiger partial charge is 0.378 e. The zero-order valence-corrected chi connectivity index (χ0v) is 14.3. The van der Waals surface area contributed by atoms with Gasteiger partial charge in [-0.05, 0) is 29.1 Å². The van der Waals surface area contributed by atoms with Gasteiger partial charge in [0.15, 0.2) is 0 Å². The first-order valence-electron chi connectivity index (χ1n) is 8.31. The molecular formula is C18H21N3O2S. The summed E-state index contributed by atoms with van der Waals surface area (Å²) in [5.41, 5.74) is 1.97. The lowest BCUT2D eigenvalue weighted by Gasteiger charge is -2.43. The minimum Gasteiger partial charge on any atom is -0.378 e. The maximum Gasteiger partial charge on any atom is 0.321 e. The third-order valence-corrected chi connectivity index (χ3v) is 5.56. The van der Waals surface area contributed by atoms with Crippen LogP contribution in [-0.4, -0.2) is 61.3 Å². The van der Waals surface area contributed by atoms with Crippen molar-refractivity contribution in [2.24, 2.45) is 0 Å². The molecule has 0 aliphatic carbocycles. The van der Waals surface area contributed by atoms with Gasteiger partial charge >= 0.3 is 6.03 Å². The van der Waals surface area contributed by atoms with Gasteiger partial charge in [-0.3, -0.25) is 4.90 Å². The quantitative estimate of drug-likeness (QED) is 0.912. The Kier molecular flexibility index (Phi) is 4.51. The second-order valence-corrected chi connectivity index (χ2v) is 7.15. The van der Waals surface area contributed by atoms with E-state index in [0.717, 1.165) is 50.6 Å². The molecule has 2 aliphatic rings. The van der Waals surface area contributed by atoms with Gasteiger partial charge in [0.05, 0.1) is 19.3 Å². The number of benzene rings is 1. The molecule has 1 atom stereocenters. The number of carbonyl (C=O) groups is 1. The van der Waals surface area contributed by atoms with Crippen molar-refractivity contribution < 1.29 is 9.53 Å². The van der Waals surface area contributed by atoms with Crippen molar-refractivity contribution in [3.63, 3.8) is 0 Å². The van der Waals surface area contributed by atoms with Gasteiger partial charge in [-0.25, -0.2) is 4.79 Å². The minimum atomic E-state index is -0.0245. The van der Waals surface area contributed by atoms with Gasteiger partial charge in [0.1, 0.15) is 0 Å². The molecule has 126 valence electrons. The summed E-state index contributed by atoms with van der Waals surface area (Å²) in [4.78, 5) is 18.1. The zero-order chi connectivity index (χ0) is 16.4. The Balaban J connectivity index is 1.42. The second-order valence-electron chi connectivity index (χ2n) is 6.20. The summed E-state index contributed by atoms with van der Waals surface area (Å²) in [5.74, 6) is 0. The highest BCUT2D eigenvalue weighted by atomic mass is 32.1. The number of morpholine rings is 1. The van der Waals surface area contributed by atoms with Crippen LogP contribution in [0.25, 0.3) is 10.4 Å². The van der Waals surface area contributed by atoms with Gasteiger partial charge in [-0.1, -0.05) is 18.2 Å². The number of hydrogen-bond acceptors (Lipinski definition) is 4. The number of amides is 2. The minimum absolute atomic E-state index is 0.0245. The van der Waals surface area contributed by atoms with Crippen LogP contribution in [0, 0.1) is 0 Å². The molecule has 1 N–H and O–H groups in total. The summed E-state index contributed by atoms with van der Waals surface area (Å²) in [6, 6.07) is 12.5. The molecule has 5 nitrogen and oxygen atoms in total. The number of anilines is 1. The van der Waals surface area contributed by atoms with Crippen molar-refractivity contribution in [2.75, 3.05) is 44.7 Å². The molecule has 2 saturated heterocycles. The predicted molar refractivity (Wildman–Crippen MR) is 96.5 cm³/mol. The van der Waals surface area contributed by atoms with E-state index < -0.39 is 0 Å². The van der Waals surface area contributed by atoms with Crippen LogP contribution in [0.3, 0.4) is 0 Å². The predicted octanol–water partition coefficient (Wildman–Crippen LogP) is 2.96. The Bertz CT molecular complexity index is 704. The lowest BCUT2D eigenvalue weighted by molar-refractivity contribution is -0.0355. The number of ether oxygens (including phenoxy) is 1. The maximum absolute atomic E-state index is 12.6. The molecule has 24 heavy (non-hydrogen) atoms. The highest BCUT2D eigenvalue weighted by molar-refractivity contribution is 7.13. The smallest absolute Gasteiger partial charge is 0.321 e. The Morgan fingerprint density at radius 2 is 2.17 bits per heavy atom. The molecule has 6 heteroatoms. The van der Waals surface area contributed by atoms with Crippen molar-refractivity contribution >= 4 is 23.1 Å². The van der Waals surface area contributed by atoms with Gasteiger partial charge < -0.3 is 15.0 Å². The van der Waals surface area contributed by atoms with Crippen LogP contribution in [0.5, 0.6) is 0 Å². The summed E-state index contributed by atoms with van der Waals surface area (Å²) in [5, 5.41) is 5.10. The Labute approximate surface area is 145 Å². The fourth-order valence-corrected chi connectivity index (χ4v) is 4.05. The van der Waals surface area contributed by atoms with Gasteiger partial charge in [0, 0.05) is 36.7 Å². The van der Waals surface area contributed by atoms with Crippen molar-refractivity contribution in [3.05, 3.63) is 41.8 Å². The van der Waals surface area contributed by atoms with Crippen LogP contribution < -0.4 is 5.32 Å². The van der Waals surface area contributed by atoms with Crippen LogP contribution in [0.4, 0.5) is 10.5 Å². The first kappa shape index (κ1) is 15.6. The molecule has 4 rings (SSSR count). The average Bonchev–Trinajstić information content (AvgIpc) is 3.16. The molecule has 2 aliphatic heterocycles.